The highest BCUT2D eigenvalue weighted by Gasteiger charge is 2.19. The fourth-order valence-electron chi connectivity index (χ4n) is 1.62. The van der Waals surface area contributed by atoms with E-state index in [2.05, 4.69) is 16.2 Å². The summed E-state index contributed by atoms with van der Waals surface area (Å²) in [6.07, 6.45) is 0. The van der Waals surface area contributed by atoms with Crippen LogP contribution in [0.25, 0.3) is 0 Å². The Hall–Kier alpha value is -2.92. The maximum Gasteiger partial charge on any atom is 0.253 e. The summed E-state index contributed by atoms with van der Waals surface area (Å²) >= 11 is 0. The lowest BCUT2D eigenvalue weighted by molar-refractivity contribution is -0.117. The number of amides is 1. The number of benzene rings is 1. The molecule has 0 unspecified atom stereocenters. The van der Waals surface area contributed by atoms with E-state index in [1.165, 1.54) is 31.2 Å². The lowest BCUT2D eigenvalue weighted by Crippen LogP contribution is -2.32. The van der Waals surface area contributed by atoms with Crippen molar-refractivity contribution < 1.29 is 22.4 Å². The summed E-state index contributed by atoms with van der Waals surface area (Å²) in [5.41, 5.74) is 5.12. The fourth-order valence-corrected chi connectivity index (χ4v) is 1.62. The highest BCUT2D eigenvalue weighted by molar-refractivity contribution is 5.94. The Morgan fingerprint density at radius 2 is 1.62 bits per heavy atom. The molecule has 2 aromatic rings. The predicted octanol–water partition coefficient (Wildman–Crippen LogP) is 2.32. The number of hydrogen-bond donors (Lipinski definition) is 2. The fraction of sp³-hybridized carbons (Fsp3) is 0.125. The quantitative estimate of drug-likeness (QED) is 0.502. The van der Waals surface area contributed by atoms with Crippen LogP contribution in [0.2, 0.25) is 0 Å². The van der Waals surface area contributed by atoms with Gasteiger partial charge in [-0.2, -0.15) is 13.8 Å². The summed E-state index contributed by atoms with van der Waals surface area (Å²) in [4.78, 5) is 13.9. The van der Waals surface area contributed by atoms with Crippen LogP contribution in [0, 0.1) is 35.4 Å². The lowest BCUT2D eigenvalue weighted by atomic mass is 10.1. The molecule has 3 N–H and O–H groups in total. The molecule has 2 rings (SSSR count). The molecule has 0 radical (unpaired) electrons. The molecular weight excluding hydrogens is 326 g/mol. The van der Waals surface area contributed by atoms with Gasteiger partial charge in [-0.05, 0) is 31.2 Å². The first kappa shape index (κ1) is 17.4. The van der Waals surface area contributed by atoms with Crippen molar-refractivity contribution in [2.75, 3.05) is 5.32 Å². The Balaban J connectivity index is 2.25. The van der Waals surface area contributed by atoms with Gasteiger partial charge in [0, 0.05) is 11.3 Å². The monoisotopic (exact) mass is 337 g/mol. The molecule has 24 heavy (non-hydrogen) atoms. The van der Waals surface area contributed by atoms with E-state index in [1.807, 2.05) is 5.92 Å². The first-order valence-corrected chi connectivity index (χ1v) is 6.68. The van der Waals surface area contributed by atoms with Gasteiger partial charge in [0.25, 0.3) is 11.9 Å². The van der Waals surface area contributed by atoms with Crippen LogP contribution in [0.4, 0.5) is 23.2 Å². The molecule has 1 atom stereocenters. The molecule has 124 valence electrons. The number of anilines is 1. The van der Waals surface area contributed by atoms with E-state index in [0.717, 1.165) is 0 Å². The number of halogens is 4. The van der Waals surface area contributed by atoms with Gasteiger partial charge in [-0.3, -0.25) is 4.79 Å². The summed E-state index contributed by atoms with van der Waals surface area (Å²) < 4.78 is 52.8. The van der Waals surface area contributed by atoms with Crippen LogP contribution in [0.1, 0.15) is 18.1 Å². The Morgan fingerprint density at radius 3 is 2.12 bits per heavy atom. The second-order valence-corrected chi connectivity index (χ2v) is 4.80. The van der Waals surface area contributed by atoms with E-state index < -0.39 is 35.1 Å². The molecule has 1 aromatic heterocycles. The molecule has 0 aliphatic rings. The van der Waals surface area contributed by atoms with E-state index in [1.54, 1.807) is 0 Å². The minimum Gasteiger partial charge on any atom is -0.325 e. The highest BCUT2D eigenvalue weighted by Crippen LogP contribution is 2.16. The first-order chi connectivity index (χ1) is 11.3. The van der Waals surface area contributed by atoms with Crippen molar-refractivity contribution in [3.8, 4) is 11.8 Å². The molecular formula is C16H11F4N3O. The third-order valence-corrected chi connectivity index (χ3v) is 2.90. The highest BCUT2D eigenvalue weighted by atomic mass is 19.2. The number of pyridine rings is 1. The van der Waals surface area contributed by atoms with Gasteiger partial charge in [0.05, 0.1) is 6.04 Å². The summed E-state index contributed by atoms with van der Waals surface area (Å²) in [5, 5.41) is 2.54. The third kappa shape index (κ3) is 3.88. The molecule has 0 saturated carbocycles. The van der Waals surface area contributed by atoms with Gasteiger partial charge >= 0.3 is 0 Å². The standard InChI is InChI=1S/C16H11F4N3O/c1-8(21)16(24)22-10-5-2-9(3-6-10)4-7-11-12(17)14(19)23-15(20)13(11)18/h2-3,5-6,8H,21H2,1H3,(H,22,24)/t8-/m0/s1. The number of nitrogens with one attached hydrogen (secondary N) is 1. The van der Waals surface area contributed by atoms with Crippen molar-refractivity contribution in [3.05, 3.63) is 58.9 Å². The van der Waals surface area contributed by atoms with Crippen LogP contribution in [0.5, 0.6) is 0 Å². The van der Waals surface area contributed by atoms with Gasteiger partial charge in [0.15, 0.2) is 11.6 Å². The van der Waals surface area contributed by atoms with Crippen molar-refractivity contribution in [1.82, 2.24) is 4.98 Å². The molecule has 1 heterocycles. The number of nitrogens with zero attached hydrogens (tertiary/aromatic N) is 1. The maximum absolute atomic E-state index is 13.4. The SMILES string of the molecule is C[C@H](N)C(=O)Nc1ccc(C#Cc2c(F)c(F)nc(F)c2F)cc1. The van der Waals surface area contributed by atoms with Crippen LogP contribution in [-0.4, -0.2) is 16.9 Å². The topological polar surface area (TPSA) is 68.0 Å². The molecule has 4 nitrogen and oxygen atoms in total. The number of aromatic nitrogens is 1. The van der Waals surface area contributed by atoms with Crippen molar-refractivity contribution in [3.63, 3.8) is 0 Å². The van der Waals surface area contributed by atoms with Crippen LogP contribution in [0.3, 0.4) is 0 Å². The van der Waals surface area contributed by atoms with E-state index >= 15 is 0 Å². The Labute approximate surface area is 134 Å². The average molecular weight is 337 g/mol. The van der Waals surface area contributed by atoms with Crippen LogP contribution in [0.15, 0.2) is 24.3 Å². The van der Waals surface area contributed by atoms with Gasteiger partial charge in [-0.1, -0.05) is 11.8 Å². The van der Waals surface area contributed by atoms with Crippen LogP contribution < -0.4 is 11.1 Å². The number of carbonyl (C=O) groups is 1. The zero-order chi connectivity index (χ0) is 17.9. The second-order valence-electron chi connectivity index (χ2n) is 4.80. The van der Waals surface area contributed by atoms with Gasteiger partial charge in [0.2, 0.25) is 5.91 Å². The largest absolute Gasteiger partial charge is 0.325 e. The van der Waals surface area contributed by atoms with Gasteiger partial charge in [-0.15, -0.1) is 0 Å². The van der Waals surface area contributed by atoms with E-state index in [0.29, 0.717) is 11.3 Å². The summed E-state index contributed by atoms with van der Waals surface area (Å²) in [7, 11) is 0. The lowest BCUT2D eigenvalue weighted by Gasteiger charge is -2.07. The normalized spacial score (nSPS) is 11.4. The Morgan fingerprint density at radius 1 is 1.08 bits per heavy atom. The van der Waals surface area contributed by atoms with Crippen molar-refractivity contribution >= 4 is 11.6 Å². The molecule has 0 bridgehead atoms. The summed E-state index contributed by atoms with van der Waals surface area (Å²) in [5.74, 6) is -2.86. The number of carbonyl (C=O) groups excluding carboxylic acids is 1. The van der Waals surface area contributed by atoms with Crippen LogP contribution in [-0.2, 0) is 4.79 Å². The van der Waals surface area contributed by atoms with E-state index in [4.69, 9.17) is 5.73 Å². The van der Waals surface area contributed by atoms with Crippen molar-refractivity contribution in [1.29, 1.82) is 0 Å². The number of hydrogen-bond acceptors (Lipinski definition) is 3. The molecule has 0 aliphatic carbocycles. The van der Waals surface area contributed by atoms with Gasteiger partial charge < -0.3 is 11.1 Å². The molecule has 0 aliphatic heterocycles. The smallest absolute Gasteiger partial charge is 0.253 e. The summed E-state index contributed by atoms with van der Waals surface area (Å²) in [6.45, 7) is 1.52. The Bertz CT molecular complexity index is 813. The summed E-state index contributed by atoms with van der Waals surface area (Å²) in [6, 6.07) is 5.20. The van der Waals surface area contributed by atoms with Crippen molar-refractivity contribution in [2.24, 2.45) is 5.73 Å². The molecule has 0 fully saturated rings. The number of nitrogens with two attached hydrogens (primary N) is 1. The average Bonchev–Trinajstić information content (AvgIpc) is 2.54. The zero-order valence-electron chi connectivity index (χ0n) is 12.3. The molecule has 0 spiro atoms. The molecule has 0 saturated heterocycles. The molecule has 1 amide bonds. The van der Waals surface area contributed by atoms with E-state index in [-0.39, 0.29) is 5.91 Å². The number of rotatable bonds is 2. The van der Waals surface area contributed by atoms with Crippen molar-refractivity contribution in [2.45, 2.75) is 13.0 Å². The molecule has 1 aromatic carbocycles. The van der Waals surface area contributed by atoms with Gasteiger partial charge in [0.1, 0.15) is 5.56 Å². The second kappa shape index (κ2) is 7.10. The van der Waals surface area contributed by atoms with Crippen LogP contribution >= 0.6 is 0 Å². The minimum atomic E-state index is -1.77. The first-order valence-electron chi connectivity index (χ1n) is 6.68. The zero-order valence-corrected chi connectivity index (χ0v) is 12.3. The maximum atomic E-state index is 13.4. The molecule has 8 heteroatoms. The van der Waals surface area contributed by atoms with E-state index in [9.17, 15) is 22.4 Å². The predicted molar refractivity (Wildman–Crippen MR) is 78.8 cm³/mol. The Kier molecular flexibility index (Phi) is 5.16. The van der Waals surface area contributed by atoms with Gasteiger partial charge in [-0.25, -0.2) is 8.78 Å². The third-order valence-electron chi connectivity index (χ3n) is 2.90. The minimum absolute atomic E-state index is 0.310.